The normalized spacial score (nSPS) is 19.9. The quantitative estimate of drug-likeness (QED) is 0.735. The lowest BCUT2D eigenvalue weighted by molar-refractivity contribution is -0.118. The maximum Gasteiger partial charge on any atom is 0.241 e. The van der Waals surface area contributed by atoms with Gasteiger partial charge in [0.2, 0.25) is 5.91 Å². The van der Waals surface area contributed by atoms with Crippen molar-refractivity contribution in [2.75, 3.05) is 11.9 Å². The van der Waals surface area contributed by atoms with Crippen molar-refractivity contribution in [3.05, 3.63) is 29.8 Å². The van der Waals surface area contributed by atoms with Crippen molar-refractivity contribution in [2.24, 2.45) is 5.73 Å². The molecule has 0 radical (unpaired) electrons. The largest absolute Gasteiger partial charge is 0.326 e. The van der Waals surface area contributed by atoms with Crippen molar-refractivity contribution < 1.29 is 4.79 Å². The molecule has 0 aliphatic carbocycles. The van der Waals surface area contributed by atoms with Crippen LogP contribution in [-0.4, -0.2) is 18.5 Å². The lowest BCUT2D eigenvalue weighted by Crippen LogP contribution is -2.43. The summed E-state index contributed by atoms with van der Waals surface area (Å²) in [6.45, 7) is 1.42. The Balaban J connectivity index is 1.96. The molecule has 2 rings (SSSR count). The molecule has 0 spiro atoms. The van der Waals surface area contributed by atoms with E-state index < -0.39 is 0 Å². The van der Waals surface area contributed by atoms with E-state index in [0.29, 0.717) is 6.54 Å². The number of benzene rings is 1. The minimum Gasteiger partial charge on any atom is -0.326 e. The molecule has 1 amide bonds. The third-order valence-electron chi connectivity index (χ3n) is 3.06. The van der Waals surface area contributed by atoms with Crippen LogP contribution < -0.4 is 16.4 Å². The van der Waals surface area contributed by atoms with Crippen LogP contribution in [0.25, 0.3) is 0 Å². The molecule has 1 aromatic rings. The highest BCUT2D eigenvalue weighted by atomic mass is 16.2. The van der Waals surface area contributed by atoms with Crippen LogP contribution in [-0.2, 0) is 11.3 Å². The van der Waals surface area contributed by atoms with Crippen molar-refractivity contribution in [3.63, 3.8) is 0 Å². The number of anilines is 1. The molecule has 1 saturated heterocycles. The molecule has 0 aromatic heterocycles. The molecule has 4 nitrogen and oxygen atoms in total. The summed E-state index contributed by atoms with van der Waals surface area (Å²) < 4.78 is 0. The van der Waals surface area contributed by atoms with Gasteiger partial charge in [-0.1, -0.05) is 18.6 Å². The van der Waals surface area contributed by atoms with Crippen LogP contribution in [0.3, 0.4) is 0 Å². The van der Waals surface area contributed by atoms with Crippen LogP contribution in [0, 0.1) is 0 Å². The number of carbonyl (C=O) groups is 1. The average Bonchev–Trinajstić information content (AvgIpc) is 2.40. The van der Waals surface area contributed by atoms with Crippen molar-refractivity contribution in [2.45, 2.75) is 31.8 Å². The van der Waals surface area contributed by atoms with Gasteiger partial charge in [-0.2, -0.15) is 0 Å². The summed E-state index contributed by atoms with van der Waals surface area (Å²) in [6, 6.07) is 7.62. The van der Waals surface area contributed by atoms with Crippen molar-refractivity contribution in [1.29, 1.82) is 0 Å². The van der Waals surface area contributed by atoms with E-state index in [4.69, 9.17) is 5.73 Å². The standard InChI is InChI=1S/C13H19N3O/c14-9-10-4-3-5-11(8-10)16-13(17)12-6-1-2-7-15-12/h3-5,8,12,15H,1-2,6-7,9,14H2,(H,16,17). The summed E-state index contributed by atoms with van der Waals surface area (Å²) in [5, 5.41) is 6.16. The molecule has 92 valence electrons. The van der Waals surface area contributed by atoms with Gasteiger partial charge in [0.15, 0.2) is 0 Å². The minimum absolute atomic E-state index is 0.0507. The SMILES string of the molecule is NCc1cccc(NC(=O)C2CCCCN2)c1. The molecule has 1 aliphatic rings. The molecule has 1 unspecified atom stereocenters. The summed E-state index contributed by atoms with van der Waals surface area (Å²) >= 11 is 0. The Morgan fingerprint density at radius 1 is 1.47 bits per heavy atom. The van der Waals surface area contributed by atoms with E-state index in [2.05, 4.69) is 10.6 Å². The number of piperidine rings is 1. The lowest BCUT2D eigenvalue weighted by Gasteiger charge is -2.22. The highest BCUT2D eigenvalue weighted by Gasteiger charge is 2.20. The van der Waals surface area contributed by atoms with Gasteiger partial charge in [-0.3, -0.25) is 4.79 Å². The number of rotatable bonds is 3. The van der Waals surface area contributed by atoms with E-state index in [1.54, 1.807) is 0 Å². The van der Waals surface area contributed by atoms with Gasteiger partial charge in [-0.15, -0.1) is 0 Å². The Labute approximate surface area is 102 Å². The summed E-state index contributed by atoms with van der Waals surface area (Å²) in [5.74, 6) is 0.0545. The summed E-state index contributed by atoms with van der Waals surface area (Å²) in [7, 11) is 0. The summed E-state index contributed by atoms with van der Waals surface area (Å²) in [6.07, 6.45) is 3.20. The smallest absolute Gasteiger partial charge is 0.241 e. The second-order valence-corrected chi connectivity index (χ2v) is 4.40. The van der Waals surface area contributed by atoms with E-state index in [1.807, 2.05) is 24.3 Å². The molecular formula is C13H19N3O. The third-order valence-corrected chi connectivity index (χ3v) is 3.06. The molecule has 0 saturated carbocycles. The van der Waals surface area contributed by atoms with Gasteiger partial charge in [0.05, 0.1) is 6.04 Å². The Kier molecular flexibility index (Phi) is 4.12. The second-order valence-electron chi connectivity index (χ2n) is 4.40. The van der Waals surface area contributed by atoms with E-state index in [9.17, 15) is 4.79 Å². The fourth-order valence-corrected chi connectivity index (χ4v) is 2.08. The first-order valence-electron chi connectivity index (χ1n) is 6.13. The molecule has 1 aromatic carbocycles. The molecule has 0 bridgehead atoms. The van der Waals surface area contributed by atoms with Gasteiger partial charge < -0.3 is 16.4 Å². The Morgan fingerprint density at radius 3 is 3.06 bits per heavy atom. The van der Waals surface area contributed by atoms with Crippen molar-refractivity contribution in [3.8, 4) is 0 Å². The van der Waals surface area contributed by atoms with E-state index >= 15 is 0 Å². The van der Waals surface area contributed by atoms with Crippen LogP contribution in [0.2, 0.25) is 0 Å². The second kappa shape index (κ2) is 5.80. The highest BCUT2D eigenvalue weighted by molar-refractivity contribution is 5.94. The molecular weight excluding hydrogens is 214 g/mol. The zero-order valence-electron chi connectivity index (χ0n) is 9.91. The Morgan fingerprint density at radius 2 is 2.35 bits per heavy atom. The van der Waals surface area contributed by atoms with E-state index in [1.165, 1.54) is 0 Å². The number of nitrogens with two attached hydrogens (primary N) is 1. The lowest BCUT2D eigenvalue weighted by atomic mass is 10.0. The molecule has 17 heavy (non-hydrogen) atoms. The zero-order valence-corrected chi connectivity index (χ0v) is 9.91. The highest BCUT2D eigenvalue weighted by Crippen LogP contribution is 2.13. The molecule has 4 N–H and O–H groups in total. The summed E-state index contributed by atoms with van der Waals surface area (Å²) in [5.41, 5.74) is 7.42. The van der Waals surface area contributed by atoms with Gasteiger partial charge in [-0.05, 0) is 37.1 Å². The first-order chi connectivity index (χ1) is 8.29. The van der Waals surface area contributed by atoms with Crippen molar-refractivity contribution >= 4 is 11.6 Å². The molecule has 1 fully saturated rings. The predicted octanol–water partition coefficient (Wildman–Crippen LogP) is 1.23. The number of hydrogen-bond acceptors (Lipinski definition) is 3. The van der Waals surface area contributed by atoms with Crippen LogP contribution >= 0.6 is 0 Å². The first-order valence-corrected chi connectivity index (χ1v) is 6.13. The first kappa shape index (κ1) is 12.1. The van der Waals surface area contributed by atoms with Crippen LogP contribution in [0.5, 0.6) is 0 Å². The molecule has 1 heterocycles. The fourth-order valence-electron chi connectivity index (χ4n) is 2.08. The fraction of sp³-hybridized carbons (Fsp3) is 0.462. The van der Waals surface area contributed by atoms with Gasteiger partial charge in [0.1, 0.15) is 0 Å². The van der Waals surface area contributed by atoms with Crippen LogP contribution in [0.1, 0.15) is 24.8 Å². The number of nitrogens with one attached hydrogen (secondary N) is 2. The number of carbonyl (C=O) groups excluding carboxylic acids is 1. The average molecular weight is 233 g/mol. The predicted molar refractivity (Wildman–Crippen MR) is 68.6 cm³/mol. The monoisotopic (exact) mass is 233 g/mol. The van der Waals surface area contributed by atoms with Gasteiger partial charge in [0.25, 0.3) is 0 Å². The molecule has 1 atom stereocenters. The maximum atomic E-state index is 12.0. The van der Waals surface area contributed by atoms with Gasteiger partial charge >= 0.3 is 0 Å². The molecule has 1 aliphatic heterocycles. The third kappa shape index (κ3) is 3.28. The minimum atomic E-state index is -0.0507. The van der Waals surface area contributed by atoms with Gasteiger partial charge in [0, 0.05) is 12.2 Å². The van der Waals surface area contributed by atoms with Crippen LogP contribution in [0.4, 0.5) is 5.69 Å². The van der Waals surface area contributed by atoms with E-state index in [0.717, 1.165) is 37.1 Å². The van der Waals surface area contributed by atoms with Gasteiger partial charge in [-0.25, -0.2) is 0 Å². The van der Waals surface area contributed by atoms with Crippen LogP contribution in [0.15, 0.2) is 24.3 Å². The van der Waals surface area contributed by atoms with Crippen molar-refractivity contribution in [1.82, 2.24) is 5.32 Å². The zero-order chi connectivity index (χ0) is 12.1. The Bertz CT molecular complexity index is 386. The maximum absolute atomic E-state index is 12.0. The summed E-state index contributed by atoms with van der Waals surface area (Å²) in [4.78, 5) is 12.0. The van der Waals surface area contributed by atoms with E-state index in [-0.39, 0.29) is 11.9 Å². The Hall–Kier alpha value is -1.39. The number of amides is 1. The topological polar surface area (TPSA) is 67.1 Å². The molecule has 4 heteroatoms. The number of hydrogen-bond donors (Lipinski definition) is 3.